The van der Waals surface area contributed by atoms with Crippen LogP contribution in [0, 0.1) is 0 Å². The molecule has 26 heavy (non-hydrogen) atoms. The molecule has 5 nitrogen and oxygen atoms in total. The summed E-state index contributed by atoms with van der Waals surface area (Å²) >= 11 is 13.6. The molecule has 1 unspecified atom stereocenters. The summed E-state index contributed by atoms with van der Waals surface area (Å²) in [6, 6.07) is 7.87. The van der Waals surface area contributed by atoms with Crippen molar-refractivity contribution in [3.05, 3.63) is 56.2 Å². The Morgan fingerprint density at radius 1 is 1.23 bits per heavy atom. The van der Waals surface area contributed by atoms with Crippen LogP contribution in [0.2, 0.25) is 10.0 Å². The number of rotatable bonds is 6. The molecule has 1 fully saturated rings. The van der Waals surface area contributed by atoms with Crippen molar-refractivity contribution in [2.24, 2.45) is 0 Å². The summed E-state index contributed by atoms with van der Waals surface area (Å²) in [6.07, 6.45) is 0.0794. The van der Waals surface area contributed by atoms with Crippen molar-refractivity contribution in [2.45, 2.75) is 18.2 Å². The van der Waals surface area contributed by atoms with Gasteiger partial charge in [0, 0.05) is 28.6 Å². The molecule has 1 aromatic carbocycles. The van der Waals surface area contributed by atoms with E-state index in [0.29, 0.717) is 27.1 Å². The predicted octanol–water partition coefficient (Wildman–Crippen LogP) is 3.86. The number of hydrogen-bond donors (Lipinski definition) is 0. The van der Waals surface area contributed by atoms with Crippen LogP contribution in [0.1, 0.15) is 21.7 Å². The fraction of sp³-hybridized carbons (Fsp3) is 0.353. The Kier molecular flexibility index (Phi) is 6.37. The van der Waals surface area contributed by atoms with Crippen LogP contribution in [-0.2, 0) is 20.5 Å². The average Bonchev–Trinajstić information content (AvgIpc) is 3.13. The molecule has 0 bridgehead atoms. The number of morpholine rings is 1. The molecule has 1 aromatic heterocycles. The Labute approximate surface area is 166 Å². The number of carbonyl (C=O) groups is 1. The minimum atomic E-state index is -3.71. The number of hydrogen-bond acceptors (Lipinski definition) is 5. The van der Waals surface area contributed by atoms with E-state index in [1.165, 1.54) is 15.6 Å². The number of halogens is 2. The van der Waals surface area contributed by atoms with Gasteiger partial charge in [-0.3, -0.25) is 4.79 Å². The smallest absolute Gasteiger partial charge is 0.218 e. The maximum Gasteiger partial charge on any atom is 0.218 e. The monoisotopic (exact) mass is 433 g/mol. The van der Waals surface area contributed by atoms with Gasteiger partial charge in [0.25, 0.3) is 0 Å². The second kappa shape index (κ2) is 8.37. The van der Waals surface area contributed by atoms with Crippen LogP contribution in [0.15, 0.2) is 35.7 Å². The highest BCUT2D eigenvalue weighted by Crippen LogP contribution is 2.29. The van der Waals surface area contributed by atoms with Gasteiger partial charge in [-0.25, -0.2) is 8.42 Å². The van der Waals surface area contributed by atoms with Crippen LogP contribution in [0.25, 0.3) is 0 Å². The van der Waals surface area contributed by atoms with E-state index >= 15 is 0 Å². The minimum Gasteiger partial charge on any atom is -0.378 e. The standard InChI is InChI=1S/C17H17Cl2NO4S2/c18-14-3-1-4-15(19)13(14)11-26(22,23)20-6-7-24-10-12(20)9-16(21)17-5-2-8-25-17/h1-5,8,12H,6-7,9-11H2. The van der Waals surface area contributed by atoms with E-state index < -0.39 is 16.1 Å². The first-order valence-corrected chi connectivity index (χ1v) is 11.2. The Morgan fingerprint density at radius 2 is 1.96 bits per heavy atom. The van der Waals surface area contributed by atoms with Crippen molar-refractivity contribution in [3.63, 3.8) is 0 Å². The molecule has 9 heteroatoms. The van der Waals surface area contributed by atoms with Gasteiger partial charge in [0.15, 0.2) is 5.78 Å². The van der Waals surface area contributed by atoms with Crippen molar-refractivity contribution in [2.75, 3.05) is 19.8 Å². The van der Waals surface area contributed by atoms with Crippen LogP contribution in [-0.4, -0.2) is 44.3 Å². The van der Waals surface area contributed by atoms with Crippen LogP contribution in [0.4, 0.5) is 0 Å². The fourth-order valence-electron chi connectivity index (χ4n) is 2.85. The number of nitrogens with zero attached hydrogens (tertiary/aromatic N) is 1. The summed E-state index contributed by atoms with van der Waals surface area (Å²) in [5.74, 6) is -0.402. The molecule has 140 valence electrons. The zero-order valence-electron chi connectivity index (χ0n) is 13.7. The molecule has 0 radical (unpaired) electrons. The predicted molar refractivity (Wildman–Crippen MR) is 104 cm³/mol. The van der Waals surface area contributed by atoms with Gasteiger partial charge < -0.3 is 4.74 Å². The van der Waals surface area contributed by atoms with Crippen molar-refractivity contribution in [1.29, 1.82) is 0 Å². The maximum atomic E-state index is 13.0. The summed E-state index contributed by atoms with van der Waals surface area (Å²) in [4.78, 5) is 13.0. The van der Waals surface area contributed by atoms with E-state index in [-0.39, 0.29) is 31.1 Å². The topological polar surface area (TPSA) is 63.7 Å². The lowest BCUT2D eigenvalue weighted by Gasteiger charge is -2.34. The van der Waals surface area contributed by atoms with Gasteiger partial charge in [-0.1, -0.05) is 35.3 Å². The molecule has 0 spiro atoms. The normalized spacial score (nSPS) is 18.8. The molecule has 0 saturated carbocycles. The summed E-state index contributed by atoms with van der Waals surface area (Å²) in [7, 11) is -3.71. The minimum absolute atomic E-state index is 0.0794. The number of carbonyl (C=O) groups excluding carboxylic acids is 1. The van der Waals surface area contributed by atoms with Gasteiger partial charge in [-0.2, -0.15) is 4.31 Å². The Balaban J connectivity index is 1.81. The summed E-state index contributed by atoms with van der Waals surface area (Å²) in [6.45, 7) is 0.679. The van der Waals surface area contributed by atoms with Crippen molar-refractivity contribution < 1.29 is 17.9 Å². The molecular formula is C17H17Cl2NO4S2. The van der Waals surface area contributed by atoms with Crippen LogP contribution in [0.5, 0.6) is 0 Å². The fourth-order valence-corrected chi connectivity index (χ4v) is 6.00. The van der Waals surface area contributed by atoms with E-state index in [4.69, 9.17) is 27.9 Å². The Hall–Kier alpha value is -0.960. The lowest BCUT2D eigenvalue weighted by molar-refractivity contribution is 0.0293. The number of thiophene rings is 1. The van der Waals surface area contributed by atoms with Gasteiger partial charge in [-0.05, 0) is 23.6 Å². The van der Waals surface area contributed by atoms with Crippen LogP contribution >= 0.6 is 34.5 Å². The quantitative estimate of drug-likeness (QED) is 0.648. The highest BCUT2D eigenvalue weighted by molar-refractivity contribution is 7.88. The molecule has 1 aliphatic rings. The zero-order chi connectivity index (χ0) is 18.7. The summed E-state index contributed by atoms with van der Waals surface area (Å²) in [5.41, 5.74) is 0.366. The SMILES string of the molecule is O=C(CC1COCCN1S(=O)(=O)Cc1c(Cl)cccc1Cl)c1cccs1. The molecule has 2 heterocycles. The van der Waals surface area contributed by atoms with Crippen LogP contribution in [0.3, 0.4) is 0 Å². The molecule has 1 atom stereocenters. The lowest BCUT2D eigenvalue weighted by atomic mass is 10.1. The molecule has 1 aliphatic heterocycles. The highest BCUT2D eigenvalue weighted by Gasteiger charge is 2.35. The first-order valence-electron chi connectivity index (χ1n) is 7.95. The Bertz CT molecular complexity index is 864. The largest absolute Gasteiger partial charge is 0.378 e. The number of ether oxygens (including phenoxy) is 1. The van der Waals surface area contributed by atoms with E-state index in [2.05, 4.69) is 0 Å². The summed E-state index contributed by atoms with van der Waals surface area (Å²) < 4.78 is 32.7. The van der Waals surface area contributed by atoms with Crippen molar-refractivity contribution in [3.8, 4) is 0 Å². The molecule has 2 aromatic rings. The third-order valence-corrected chi connectivity index (χ3v) is 7.60. The second-order valence-corrected chi connectivity index (χ2v) is 9.58. The number of Topliss-reactive ketones (excluding diaryl/α,β-unsaturated/α-hetero) is 1. The third-order valence-electron chi connectivity index (χ3n) is 4.14. The average molecular weight is 434 g/mol. The molecule has 3 rings (SSSR count). The first kappa shape index (κ1) is 19.8. The zero-order valence-corrected chi connectivity index (χ0v) is 16.9. The van der Waals surface area contributed by atoms with Crippen LogP contribution < -0.4 is 0 Å². The molecular weight excluding hydrogens is 417 g/mol. The highest BCUT2D eigenvalue weighted by atomic mass is 35.5. The maximum absolute atomic E-state index is 13.0. The van der Waals surface area contributed by atoms with Crippen molar-refractivity contribution in [1.82, 2.24) is 4.31 Å². The van der Waals surface area contributed by atoms with Gasteiger partial charge in [0.2, 0.25) is 10.0 Å². The van der Waals surface area contributed by atoms with Gasteiger partial charge in [0.05, 0.1) is 29.9 Å². The van der Waals surface area contributed by atoms with Crippen molar-refractivity contribution >= 4 is 50.3 Å². The van der Waals surface area contributed by atoms with E-state index in [0.717, 1.165) is 0 Å². The van der Waals surface area contributed by atoms with Gasteiger partial charge >= 0.3 is 0 Å². The Morgan fingerprint density at radius 3 is 2.62 bits per heavy atom. The molecule has 0 aliphatic carbocycles. The number of benzene rings is 1. The third kappa shape index (κ3) is 4.47. The first-order chi connectivity index (χ1) is 12.4. The number of sulfonamides is 1. The molecule has 0 N–H and O–H groups in total. The van der Waals surface area contributed by atoms with E-state index in [1.807, 2.05) is 5.38 Å². The second-order valence-electron chi connectivity index (χ2n) is 5.90. The lowest BCUT2D eigenvalue weighted by Crippen LogP contribution is -2.49. The van der Waals surface area contributed by atoms with Gasteiger partial charge in [-0.15, -0.1) is 11.3 Å². The molecule has 0 amide bonds. The van der Waals surface area contributed by atoms with Gasteiger partial charge in [0.1, 0.15) is 0 Å². The molecule has 1 saturated heterocycles. The van der Waals surface area contributed by atoms with E-state index in [9.17, 15) is 13.2 Å². The number of ketones is 1. The van der Waals surface area contributed by atoms with E-state index in [1.54, 1.807) is 30.3 Å². The summed E-state index contributed by atoms with van der Waals surface area (Å²) in [5, 5.41) is 2.43.